The van der Waals surface area contributed by atoms with Crippen molar-refractivity contribution in [1.82, 2.24) is 25.2 Å². The molecule has 194 valence electrons. The van der Waals surface area contributed by atoms with Gasteiger partial charge >= 0.3 is 0 Å². The first kappa shape index (κ1) is 27.2. The Balaban J connectivity index is 1.73. The SMILES string of the molecule is C=C(C)CC(CCCC)NC(=O)CNC(=O)c1ccc2c(c1)nc(Cc1ccc[nH]1)n2C(CC)CC. The average Bonchev–Trinajstić information content (AvgIpc) is 3.49. The molecule has 7 heteroatoms. The molecule has 1 aromatic carbocycles. The smallest absolute Gasteiger partial charge is 0.251 e. The van der Waals surface area contributed by atoms with Crippen molar-refractivity contribution in [3.63, 3.8) is 0 Å². The van der Waals surface area contributed by atoms with E-state index >= 15 is 0 Å². The molecule has 0 fully saturated rings. The summed E-state index contributed by atoms with van der Waals surface area (Å²) in [7, 11) is 0. The number of amides is 2. The second-order valence-corrected chi connectivity index (χ2v) is 9.69. The van der Waals surface area contributed by atoms with Gasteiger partial charge in [-0.2, -0.15) is 0 Å². The highest BCUT2D eigenvalue weighted by atomic mass is 16.2. The molecule has 7 nitrogen and oxygen atoms in total. The van der Waals surface area contributed by atoms with Gasteiger partial charge in [0.1, 0.15) is 5.82 Å². The highest BCUT2D eigenvalue weighted by molar-refractivity contribution is 5.99. The number of carbonyl (C=O) groups is 2. The topological polar surface area (TPSA) is 91.8 Å². The Labute approximate surface area is 214 Å². The summed E-state index contributed by atoms with van der Waals surface area (Å²) < 4.78 is 2.31. The van der Waals surface area contributed by atoms with Crippen molar-refractivity contribution in [2.45, 2.75) is 84.7 Å². The molecule has 2 amide bonds. The van der Waals surface area contributed by atoms with E-state index < -0.39 is 0 Å². The molecule has 0 aliphatic carbocycles. The van der Waals surface area contributed by atoms with Gasteiger partial charge in [0, 0.05) is 36.0 Å². The number of nitrogens with one attached hydrogen (secondary N) is 3. The molecule has 3 N–H and O–H groups in total. The van der Waals surface area contributed by atoms with Gasteiger partial charge in [-0.25, -0.2) is 4.98 Å². The van der Waals surface area contributed by atoms with Crippen LogP contribution in [0.2, 0.25) is 0 Å². The molecule has 1 unspecified atom stereocenters. The van der Waals surface area contributed by atoms with E-state index in [1.54, 1.807) is 0 Å². The number of aromatic amines is 1. The lowest BCUT2D eigenvalue weighted by Crippen LogP contribution is -2.42. The molecule has 0 bridgehead atoms. The summed E-state index contributed by atoms with van der Waals surface area (Å²) in [5, 5.41) is 5.81. The number of aromatic nitrogens is 3. The number of hydrogen-bond acceptors (Lipinski definition) is 3. The predicted octanol–water partition coefficient (Wildman–Crippen LogP) is 5.69. The van der Waals surface area contributed by atoms with Gasteiger partial charge in [0.25, 0.3) is 5.91 Å². The van der Waals surface area contributed by atoms with Gasteiger partial charge in [-0.05, 0) is 62.9 Å². The van der Waals surface area contributed by atoms with Crippen LogP contribution in [0.5, 0.6) is 0 Å². The van der Waals surface area contributed by atoms with E-state index in [0.29, 0.717) is 18.0 Å². The van der Waals surface area contributed by atoms with E-state index in [9.17, 15) is 9.59 Å². The Morgan fingerprint density at radius 3 is 2.58 bits per heavy atom. The van der Waals surface area contributed by atoms with E-state index in [0.717, 1.165) is 66.6 Å². The molecule has 3 aromatic rings. The van der Waals surface area contributed by atoms with Crippen molar-refractivity contribution in [1.29, 1.82) is 0 Å². The fraction of sp³-hybridized carbons (Fsp3) is 0.483. The first-order valence-corrected chi connectivity index (χ1v) is 13.2. The van der Waals surface area contributed by atoms with Crippen LogP contribution in [0.4, 0.5) is 0 Å². The van der Waals surface area contributed by atoms with Crippen molar-refractivity contribution in [2.75, 3.05) is 6.54 Å². The summed E-state index contributed by atoms with van der Waals surface area (Å²) in [5.41, 5.74) is 4.46. The summed E-state index contributed by atoms with van der Waals surface area (Å²) in [5.74, 6) is 0.520. The minimum absolute atomic E-state index is 0.0512. The van der Waals surface area contributed by atoms with Crippen LogP contribution in [0.3, 0.4) is 0 Å². The molecule has 0 saturated heterocycles. The third-order valence-electron chi connectivity index (χ3n) is 6.62. The zero-order chi connectivity index (χ0) is 26.1. The number of benzene rings is 1. The minimum atomic E-state index is -0.278. The third kappa shape index (κ3) is 7.09. The standard InChI is InChI=1S/C29H41N5O2/c1-6-9-11-23(16-20(4)5)32-28(35)19-31-29(36)21-13-14-26-25(17-21)33-27(18-22-12-10-15-30-22)34(26)24(7-2)8-3/h10,12-15,17,23-24,30H,4,6-9,11,16,18-19H2,1-3,5H3,(H,31,36)(H,32,35). The van der Waals surface area contributed by atoms with Crippen molar-refractivity contribution < 1.29 is 9.59 Å². The second kappa shape index (κ2) is 13.1. The fourth-order valence-electron chi connectivity index (χ4n) is 4.76. The van der Waals surface area contributed by atoms with E-state index in [2.05, 4.69) is 53.6 Å². The molecule has 0 spiro atoms. The number of fused-ring (bicyclic) bond motifs is 1. The molecule has 0 aliphatic rings. The van der Waals surface area contributed by atoms with Gasteiger partial charge < -0.3 is 20.2 Å². The van der Waals surface area contributed by atoms with Gasteiger partial charge in [-0.1, -0.05) is 39.2 Å². The summed E-state index contributed by atoms with van der Waals surface area (Å²) in [6, 6.07) is 10.1. The maximum absolute atomic E-state index is 12.9. The molecule has 2 heterocycles. The lowest BCUT2D eigenvalue weighted by molar-refractivity contribution is -0.120. The van der Waals surface area contributed by atoms with Crippen molar-refractivity contribution in [2.24, 2.45) is 0 Å². The Bertz CT molecular complexity index is 1160. The highest BCUT2D eigenvalue weighted by Crippen LogP contribution is 2.27. The van der Waals surface area contributed by atoms with Crippen LogP contribution in [0.15, 0.2) is 48.7 Å². The van der Waals surface area contributed by atoms with Crippen LogP contribution in [0, 0.1) is 0 Å². The number of hydrogen-bond donors (Lipinski definition) is 3. The molecular weight excluding hydrogens is 450 g/mol. The summed E-state index contributed by atoms with van der Waals surface area (Å²) >= 11 is 0. The maximum Gasteiger partial charge on any atom is 0.251 e. The van der Waals surface area contributed by atoms with Gasteiger partial charge in [-0.3, -0.25) is 9.59 Å². The number of unbranched alkanes of at least 4 members (excludes halogenated alkanes) is 1. The maximum atomic E-state index is 12.9. The van der Waals surface area contributed by atoms with E-state index in [1.807, 2.05) is 37.4 Å². The second-order valence-electron chi connectivity index (χ2n) is 9.69. The summed E-state index contributed by atoms with van der Waals surface area (Å²) in [4.78, 5) is 33.6. The lowest BCUT2D eigenvalue weighted by atomic mass is 10.0. The molecule has 0 aliphatic heterocycles. The number of rotatable bonds is 14. The van der Waals surface area contributed by atoms with Gasteiger partial charge in [0.05, 0.1) is 17.6 Å². The Morgan fingerprint density at radius 1 is 1.17 bits per heavy atom. The van der Waals surface area contributed by atoms with Crippen LogP contribution in [0.25, 0.3) is 11.0 Å². The Hall–Kier alpha value is -3.35. The van der Waals surface area contributed by atoms with E-state index in [-0.39, 0.29) is 24.4 Å². The zero-order valence-corrected chi connectivity index (χ0v) is 22.2. The van der Waals surface area contributed by atoms with Crippen LogP contribution in [-0.2, 0) is 11.2 Å². The zero-order valence-electron chi connectivity index (χ0n) is 22.2. The van der Waals surface area contributed by atoms with Gasteiger partial charge in [0.15, 0.2) is 0 Å². The minimum Gasteiger partial charge on any atom is -0.365 e. The highest BCUT2D eigenvalue weighted by Gasteiger charge is 2.19. The Morgan fingerprint density at radius 2 is 1.94 bits per heavy atom. The van der Waals surface area contributed by atoms with Crippen LogP contribution in [-0.4, -0.2) is 38.9 Å². The molecule has 36 heavy (non-hydrogen) atoms. The largest absolute Gasteiger partial charge is 0.365 e. The van der Waals surface area contributed by atoms with Crippen LogP contribution >= 0.6 is 0 Å². The van der Waals surface area contributed by atoms with Crippen molar-refractivity contribution in [3.05, 3.63) is 65.8 Å². The average molecular weight is 492 g/mol. The first-order chi connectivity index (χ1) is 17.4. The van der Waals surface area contributed by atoms with Crippen molar-refractivity contribution in [3.8, 4) is 0 Å². The number of imidazole rings is 1. The quantitative estimate of drug-likeness (QED) is 0.253. The van der Waals surface area contributed by atoms with E-state index in [1.165, 1.54) is 0 Å². The monoisotopic (exact) mass is 491 g/mol. The molecule has 2 aromatic heterocycles. The normalized spacial score (nSPS) is 12.1. The predicted molar refractivity (Wildman–Crippen MR) is 146 cm³/mol. The third-order valence-corrected chi connectivity index (χ3v) is 6.62. The summed E-state index contributed by atoms with van der Waals surface area (Å²) in [6.45, 7) is 12.4. The fourth-order valence-corrected chi connectivity index (χ4v) is 4.76. The molecule has 3 rings (SSSR count). The lowest BCUT2D eigenvalue weighted by Gasteiger charge is -2.19. The molecule has 0 saturated carbocycles. The van der Waals surface area contributed by atoms with Crippen LogP contribution in [0.1, 0.15) is 94.1 Å². The number of H-pyrrole nitrogens is 1. The Kier molecular flexibility index (Phi) is 9.91. The van der Waals surface area contributed by atoms with E-state index in [4.69, 9.17) is 4.98 Å². The molecular formula is C29H41N5O2. The number of carbonyl (C=O) groups excluding carboxylic acids is 2. The van der Waals surface area contributed by atoms with Gasteiger partial charge in [-0.15, -0.1) is 6.58 Å². The van der Waals surface area contributed by atoms with Crippen molar-refractivity contribution >= 4 is 22.8 Å². The first-order valence-electron chi connectivity index (χ1n) is 13.2. The van der Waals surface area contributed by atoms with Crippen LogP contribution < -0.4 is 10.6 Å². The molecule has 1 atom stereocenters. The number of nitrogens with zero attached hydrogens (tertiary/aromatic N) is 2. The molecule has 0 radical (unpaired) electrons. The summed E-state index contributed by atoms with van der Waals surface area (Å²) in [6.07, 6.45) is 8.39. The van der Waals surface area contributed by atoms with Gasteiger partial charge in [0.2, 0.25) is 5.91 Å².